The Bertz CT molecular complexity index is 1070. The van der Waals surface area contributed by atoms with Crippen molar-refractivity contribution in [3.63, 3.8) is 0 Å². The lowest BCUT2D eigenvalue weighted by Crippen LogP contribution is -2.38. The first kappa shape index (κ1) is 23.1. The van der Waals surface area contributed by atoms with Crippen LogP contribution in [0.2, 0.25) is 10.0 Å². The van der Waals surface area contributed by atoms with E-state index in [1.54, 1.807) is 12.1 Å². The van der Waals surface area contributed by atoms with E-state index >= 15 is 0 Å². The molecule has 0 N–H and O–H groups in total. The zero-order valence-electron chi connectivity index (χ0n) is 16.0. The number of aliphatic imine (C=N–C) groups is 1. The Balaban J connectivity index is 1.47. The van der Waals surface area contributed by atoms with Gasteiger partial charge in [0.15, 0.2) is 5.17 Å². The van der Waals surface area contributed by atoms with E-state index in [4.69, 9.17) is 32.7 Å². The highest BCUT2D eigenvalue weighted by Gasteiger charge is 2.27. The lowest BCUT2D eigenvalue weighted by atomic mass is 10.2. The van der Waals surface area contributed by atoms with Crippen molar-refractivity contribution in [1.82, 2.24) is 4.90 Å². The molecule has 2 aromatic carbocycles. The van der Waals surface area contributed by atoms with Crippen LogP contribution in [0.5, 0.6) is 5.75 Å². The van der Waals surface area contributed by atoms with Crippen molar-refractivity contribution in [1.29, 1.82) is 0 Å². The topological polar surface area (TPSA) is 51.1 Å². The lowest BCUT2D eigenvalue weighted by molar-refractivity contribution is -0.113. The molecule has 0 unspecified atom stereocenters. The zero-order valence-corrected chi connectivity index (χ0v) is 21.5. The van der Waals surface area contributed by atoms with Gasteiger partial charge in [0.25, 0.3) is 5.91 Å². The largest absolute Gasteiger partial charge is 0.486 e. The van der Waals surface area contributed by atoms with E-state index in [9.17, 15) is 4.79 Å². The number of carbonyl (C=O) groups is 1. The third-order valence-corrected chi connectivity index (χ3v) is 7.41. The lowest BCUT2D eigenvalue weighted by Gasteiger charge is -2.27. The Morgan fingerprint density at radius 1 is 1.16 bits per heavy atom. The monoisotopic (exact) mass is 604 g/mol. The van der Waals surface area contributed by atoms with Crippen LogP contribution < -0.4 is 4.74 Å². The fourth-order valence-corrected chi connectivity index (χ4v) is 5.91. The summed E-state index contributed by atoms with van der Waals surface area (Å²) < 4.78 is 12.8. The van der Waals surface area contributed by atoms with Gasteiger partial charge < -0.3 is 14.4 Å². The van der Waals surface area contributed by atoms with Gasteiger partial charge in [-0.05, 0) is 79.5 Å². The Labute approximate surface area is 211 Å². The van der Waals surface area contributed by atoms with Crippen LogP contribution in [0, 0.1) is 0 Å². The zero-order chi connectivity index (χ0) is 22.0. The SMILES string of the molecule is O=C1N=C(N2CCOCC2)S/C1=C/c1cc(Br)c(OCc2ccc(Cl)cc2Cl)c(Br)c1. The molecule has 0 saturated carbocycles. The molecule has 2 heterocycles. The van der Waals surface area contributed by atoms with E-state index in [2.05, 4.69) is 41.8 Å². The summed E-state index contributed by atoms with van der Waals surface area (Å²) in [5, 5.41) is 1.86. The first-order valence-electron chi connectivity index (χ1n) is 9.32. The van der Waals surface area contributed by atoms with Gasteiger partial charge in [-0.2, -0.15) is 4.99 Å². The van der Waals surface area contributed by atoms with Crippen molar-refractivity contribution in [2.24, 2.45) is 4.99 Å². The Morgan fingerprint density at radius 2 is 1.87 bits per heavy atom. The molecule has 162 valence electrons. The average Bonchev–Trinajstić information content (AvgIpc) is 3.10. The molecule has 2 aliphatic rings. The molecular formula is C21H16Br2Cl2N2O3S. The maximum Gasteiger partial charge on any atom is 0.286 e. The highest BCUT2D eigenvalue weighted by Crippen LogP contribution is 2.38. The van der Waals surface area contributed by atoms with Gasteiger partial charge in [0.1, 0.15) is 12.4 Å². The van der Waals surface area contributed by atoms with E-state index in [0.717, 1.165) is 38.3 Å². The van der Waals surface area contributed by atoms with Gasteiger partial charge >= 0.3 is 0 Å². The highest BCUT2D eigenvalue weighted by atomic mass is 79.9. The second-order valence-corrected chi connectivity index (χ2v) is 10.3. The minimum absolute atomic E-state index is 0.226. The van der Waals surface area contributed by atoms with Crippen molar-refractivity contribution >= 4 is 84.0 Å². The Kier molecular flexibility index (Phi) is 7.67. The summed E-state index contributed by atoms with van der Waals surface area (Å²) in [6, 6.07) is 9.09. The van der Waals surface area contributed by atoms with Gasteiger partial charge in [0.2, 0.25) is 0 Å². The summed E-state index contributed by atoms with van der Waals surface area (Å²) in [6.07, 6.45) is 1.83. The van der Waals surface area contributed by atoms with E-state index in [0.29, 0.717) is 40.5 Å². The molecule has 1 saturated heterocycles. The number of morpholine rings is 1. The third-order valence-electron chi connectivity index (χ3n) is 4.60. The number of ether oxygens (including phenoxy) is 2. The smallest absolute Gasteiger partial charge is 0.286 e. The first-order chi connectivity index (χ1) is 14.9. The fourth-order valence-electron chi connectivity index (χ4n) is 3.03. The number of carbonyl (C=O) groups excluding carboxylic acids is 1. The molecule has 0 aliphatic carbocycles. The molecule has 2 aliphatic heterocycles. The van der Waals surface area contributed by atoms with Gasteiger partial charge in [-0.3, -0.25) is 4.79 Å². The molecule has 31 heavy (non-hydrogen) atoms. The maximum absolute atomic E-state index is 12.4. The van der Waals surface area contributed by atoms with E-state index in [1.165, 1.54) is 11.8 Å². The van der Waals surface area contributed by atoms with Crippen LogP contribution in [-0.2, 0) is 16.1 Å². The van der Waals surface area contributed by atoms with Crippen LogP contribution in [0.25, 0.3) is 6.08 Å². The summed E-state index contributed by atoms with van der Waals surface area (Å²) in [7, 11) is 0. The molecule has 4 rings (SSSR count). The number of thioether (sulfide) groups is 1. The first-order valence-corrected chi connectivity index (χ1v) is 12.5. The second kappa shape index (κ2) is 10.3. The minimum Gasteiger partial charge on any atom is -0.486 e. The molecular weight excluding hydrogens is 591 g/mol. The number of benzene rings is 2. The number of halogens is 4. The molecule has 10 heteroatoms. The number of amidine groups is 1. The van der Waals surface area contributed by atoms with Gasteiger partial charge in [-0.25, -0.2) is 0 Å². The van der Waals surface area contributed by atoms with Crippen molar-refractivity contribution in [3.05, 3.63) is 65.4 Å². The van der Waals surface area contributed by atoms with Crippen LogP contribution in [-0.4, -0.2) is 42.3 Å². The molecule has 0 bridgehead atoms. The molecule has 1 fully saturated rings. The number of hydrogen-bond acceptors (Lipinski definition) is 5. The third kappa shape index (κ3) is 5.67. The van der Waals surface area contributed by atoms with Crippen molar-refractivity contribution in [2.45, 2.75) is 6.61 Å². The molecule has 0 radical (unpaired) electrons. The summed E-state index contributed by atoms with van der Waals surface area (Å²) in [4.78, 5) is 19.2. The quantitative estimate of drug-likeness (QED) is 0.377. The molecule has 5 nitrogen and oxygen atoms in total. The molecule has 0 atom stereocenters. The molecule has 1 amide bonds. The standard InChI is InChI=1S/C21H16Br2Cl2N2O3S/c22-15-7-12(9-18-20(28)26-21(31-18)27-3-5-29-6-4-27)8-16(23)19(15)30-11-13-1-2-14(24)10-17(13)25/h1-2,7-10H,3-6,11H2/b18-9+. The minimum atomic E-state index is -0.226. The van der Waals surface area contributed by atoms with Crippen LogP contribution >= 0.6 is 66.8 Å². The number of nitrogens with zero attached hydrogens (tertiary/aromatic N) is 2. The van der Waals surface area contributed by atoms with E-state index < -0.39 is 0 Å². The number of rotatable bonds is 4. The van der Waals surface area contributed by atoms with Crippen LogP contribution in [0.15, 0.2) is 49.2 Å². The van der Waals surface area contributed by atoms with E-state index in [1.807, 2.05) is 24.3 Å². The van der Waals surface area contributed by atoms with Crippen molar-refractivity contribution in [3.8, 4) is 5.75 Å². The average molecular weight is 607 g/mol. The van der Waals surface area contributed by atoms with Crippen LogP contribution in [0.3, 0.4) is 0 Å². The maximum atomic E-state index is 12.4. The highest BCUT2D eigenvalue weighted by molar-refractivity contribution is 9.11. The molecule has 2 aromatic rings. The van der Waals surface area contributed by atoms with Gasteiger partial charge in [-0.1, -0.05) is 29.3 Å². The predicted molar refractivity (Wildman–Crippen MR) is 133 cm³/mol. The second-order valence-electron chi connectivity index (χ2n) is 6.75. The van der Waals surface area contributed by atoms with Gasteiger partial charge in [-0.15, -0.1) is 0 Å². The number of hydrogen-bond donors (Lipinski definition) is 0. The Hall–Kier alpha value is -1.03. The number of amides is 1. The summed E-state index contributed by atoms with van der Waals surface area (Å²) in [6.45, 7) is 3.07. The van der Waals surface area contributed by atoms with Gasteiger partial charge in [0.05, 0.1) is 27.1 Å². The summed E-state index contributed by atoms with van der Waals surface area (Å²) in [5.41, 5.74) is 1.68. The van der Waals surface area contributed by atoms with Crippen LogP contribution in [0.4, 0.5) is 0 Å². The van der Waals surface area contributed by atoms with E-state index in [-0.39, 0.29) is 5.91 Å². The molecule has 0 aromatic heterocycles. The molecule has 0 spiro atoms. The van der Waals surface area contributed by atoms with Gasteiger partial charge in [0, 0.05) is 28.7 Å². The predicted octanol–water partition coefficient (Wildman–Crippen LogP) is 6.40. The normalized spacial score (nSPS) is 17.9. The van der Waals surface area contributed by atoms with Crippen molar-refractivity contribution in [2.75, 3.05) is 26.3 Å². The summed E-state index contributed by atoms with van der Waals surface area (Å²) >= 11 is 20.7. The van der Waals surface area contributed by atoms with Crippen LogP contribution in [0.1, 0.15) is 11.1 Å². The Morgan fingerprint density at radius 3 is 2.55 bits per heavy atom. The summed E-state index contributed by atoms with van der Waals surface area (Å²) in [5.74, 6) is 0.417. The fraction of sp³-hybridized carbons (Fsp3) is 0.238. The van der Waals surface area contributed by atoms with Crippen molar-refractivity contribution < 1.29 is 14.3 Å².